The summed E-state index contributed by atoms with van der Waals surface area (Å²) in [4.78, 5) is 3.70. The van der Waals surface area contributed by atoms with Crippen LogP contribution in [0.1, 0.15) is 13.8 Å². The molecule has 0 atom stereocenters. The van der Waals surface area contributed by atoms with Crippen molar-refractivity contribution in [2.75, 3.05) is 18.0 Å². The lowest BCUT2D eigenvalue weighted by atomic mass is 10.1. The molecule has 0 amide bonds. The summed E-state index contributed by atoms with van der Waals surface area (Å²) in [5, 5.41) is 2.12. The van der Waals surface area contributed by atoms with E-state index in [-0.39, 0.29) is 0 Å². The molecule has 84 valence electrons. The number of benzene rings is 1. The molecule has 2 rings (SSSR count). The van der Waals surface area contributed by atoms with Gasteiger partial charge < -0.3 is 4.90 Å². The van der Waals surface area contributed by atoms with Crippen molar-refractivity contribution in [2.24, 2.45) is 0 Å². The van der Waals surface area contributed by atoms with Crippen LogP contribution in [0.4, 0.5) is 5.69 Å². The van der Waals surface area contributed by atoms with Gasteiger partial charge in [-0.3, -0.25) is 0 Å². The van der Waals surface area contributed by atoms with Crippen LogP contribution in [-0.2, 0) is 0 Å². The topological polar surface area (TPSA) is 3.24 Å². The van der Waals surface area contributed by atoms with Crippen molar-refractivity contribution in [2.45, 2.75) is 13.8 Å². The van der Waals surface area contributed by atoms with Crippen LogP contribution in [0.3, 0.4) is 0 Å². The van der Waals surface area contributed by atoms with Crippen LogP contribution in [0.2, 0.25) is 0 Å². The minimum atomic E-state index is 1.06. The molecular formula is C14H17NS. The summed E-state index contributed by atoms with van der Waals surface area (Å²) in [5.41, 5.74) is 2.62. The van der Waals surface area contributed by atoms with Gasteiger partial charge >= 0.3 is 0 Å². The largest absolute Gasteiger partial charge is 0.372 e. The van der Waals surface area contributed by atoms with Gasteiger partial charge in [0.1, 0.15) is 0 Å². The Morgan fingerprint density at radius 2 is 1.69 bits per heavy atom. The number of hydrogen-bond donors (Lipinski definition) is 0. The Labute approximate surface area is 101 Å². The van der Waals surface area contributed by atoms with Gasteiger partial charge in [0.05, 0.1) is 0 Å². The van der Waals surface area contributed by atoms with E-state index in [4.69, 9.17) is 0 Å². The quantitative estimate of drug-likeness (QED) is 0.760. The fourth-order valence-electron chi connectivity index (χ4n) is 1.87. The normalized spacial score (nSPS) is 10.4. The number of anilines is 1. The van der Waals surface area contributed by atoms with Gasteiger partial charge in [-0.05, 0) is 43.0 Å². The summed E-state index contributed by atoms with van der Waals surface area (Å²) in [5.74, 6) is 0. The van der Waals surface area contributed by atoms with E-state index in [1.807, 2.05) is 0 Å². The molecule has 1 aromatic heterocycles. The first-order chi connectivity index (χ1) is 7.85. The van der Waals surface area contributed by atoms with E-state index >= 15 is 0 Å². The van der Waals surface area contributed by atoms with E-state index in [0.29, 0.717) is 0 Å². The average Bonchev–Trinajstić information content (AvgIpc) is 2.85. The lowest BCUT2D eigenvalue weighted by Crippen LogP contribution is -2.21. The highest BCUT2D eigenvalue weighted by atomic mass is 32.1. The van der Waals surface area contributed by atoms with E-state index in [2.05, 4.69) is 60.5 Å². The van der Waals surface area contributed by atoms with E-state index < -0.39 is 0 Å². The SMILES string of the molecule is CCN(CC)c1ccc(-c2cccs2)cc1. The lowest BCUT2D eigenvalue weighted by molar-refractivity contribution is 0.866. The van der Waals surface area contributed by atoms with E-state index in [1.54, 1.807) is 11.3 Å². The van der Waals surface area contributed by atoms with Crippen LogP contribution in [0.5, 0.6) is 0 Å². The summed E-state index contributed by atoms with van der Waals surface area (Å²) < 4.78 is 0. The highest BCUT2D eigenvalue weighted by molar-refractivity contribution is 7.13. The Bertz CT molecular complexity index is 413. The lowest BCUT2D eigenvalue weighted by Gasteiger charge is -2.21. The van der Waals surface area contributed by atoms with E-state index in [1.165, 1.54) is 16.1 Å². The van der Waals surface area contributed by atoms with E-state index in [0.717, 1.165) is 13.1 Å². The number of nitrogens with zero attached hydrogens (tertiary/aromatic N) is 1. The fraction of sp³-hybridized carbons (Fsp3) is 0.286. The monoisotopic (exact) mass is 231 g/mol. The van der Waals surface area contributed by atoms with Gasteiger partial charge in [-0.25, -0.2) is 0 Å². The summed E-state index contributed by atoms with van der Waals surface area (Å²) in [6, 6.07) is 13.1. The second-order valence-electron chi connectivity index (χ2n) is 3.70. The zero-order chi connectivity index (χ0) is 11.4. The predicted octanol–water partition coefficient (Wildman–Crippen LogP) is 4.26. The molecule has 0 N–H and O–H groups in total. The third kappa shape index (κ3) is 2.27. The molecule has 0 spiro atoms. The molecule has 0 fully saturated rings. The van der Waals surface area contributed by atoms with Crippen molar-refractivity contribution in [3.63, 3.8) is 0 Å². The van der Waals surface area contributed by atoms with Crippen molar-refractivity contribution in [1.82, 2.24) is 0 Å². The third-order valence-corrected chi connectivity index (χ3v) is 3.72. The molecule has 0 bridgehead atoms. The van der Waals surface area contributed by atoms with Crippen LogP contribution >= 0.6 is 11.3 Å². The molecular weight excluding hydrogens is 214 g/mol. The van der Waals surface area contributed by atoms with Gasteiger partial charge in [-0.2, -0.15) is 0 Å². The molecule has 0 unspecified atom stereocenters. The van der Waals surface area contributed by atoms with Crippen molar-refractivity contribution in [3.8, 4) is 10.4 Å². The first-order valence-corrected chi connectivity index (χ1v) is 6.62. The maximum atomic E-state index is 2.36. The standard InChI is InChI=1S/C14H17NS/c1-3-15(4-2)13-9-7-12(8-10-13)14-6-5-11-16-14/h5-11H,3-4H2,1-2H3. The molecule has 0 radical (unpaired) electrons. The van der Waals surface area contributed by atoms with Crippen LogP contribution in [0.15, 0.2) is 41.8 Å². The minimum absolute atomic E-state index is 1.06. The maximum absolute atomic E-state index is 2.36. The first kappa shape index (κ1) is 11.2. The third-order valence-electron chi connectivity index (χ3n) is 2.80. The van der Waals surface area contributed by atoms with Gasteiger partial charge in [0.25, 0.3) is 0 Å². The molecule has 0 aliphatic carbocycles. The van der Waals surface area contributed by atoms with Crippen molar-refractivity contribution >= 4 is 17.0 Å². The number of hydrogen-bond acceptors (Lipinski definition) is 2. The number of rotatable bonds is 4. The predicted molar refractivity (Wildman–Crippen MR) is 73.3 cm³/mol. The van der Waals surface area contributed by atoms with Crippen LogP contribution in [0, 0.1) is 0 Å². The molecule has 0 saturated carbocycles. The van der Waals surface area contributed by atoms with Gasteiger partial charge in [0.2, 0.25) is 0 Å². The van der Waals surface area contributed by atoms with Crippen LogP contribution < -0.4 is 4.90 Å². The Morgan fingerprint density at radius 1 is 1.00 bits per heavy atom. The molecule has 1 nitrogen and oxygen atoms in total. The highest BCUT2D eigenvalue weighted by Crippen LogP contribution is 2.26. The maximum Gasteiger partial charge on any atom is 0.0366 e. The number of thiophene rings is 1. The molecule has 0 saturated heterocycles. The second kappa shape index (κ2) is 5.17. The molecule has 2 heteroatoms. The molecule has 16 heavy (non-hydrogen) atoms. The van der Waals surface area contributed by atoms with Crippen molar-refractivity contribution < 1.29 is 0 Å². The fourth-order valence-corrected chi connectivity index (χ4v) is 2.60. The zero-order valence-electron chi connectivity index (χ0n) is 9.81. The van der Waals surface area contributed by atoms with Crippen LogP contribution in [0.25, 0.3) is 10.4 Å². The molecule has 1 heterocycles. The molecule has 0 aliphatic heterocycles. The average molecular weight is 231 g/mol. The Morgan fingerprint density at radius 3 is 2.19 bits per heavy atom. The Balaban J connectivity index is 2.22. The Hall–Kier alpha value is -1.28. The summed E-state index contributed by atoms with van der Waals surface area (Å²) in [6.07, 6.45) is 0. The van der Waals surface area contributed by atoms with Gasteiger partial charge in [0, 0.05) is 23.7 Å². The van der Waals surface area contributed by atoms with Crippen molar-refractivity contribution in [3.05, 3.63) is 41.8 Å². The minimum Gasteiger partial charge on any atom is -0.372 e. The first-order valence-electron chi connectivity index (χ1n) is 5.74. The highest BCUT2D eigenvalue weighted by Gasteiger charge is 2.02. The summed E-state index contributed by atoms with van der Waals surface area (Å²) in [6.45, 7) is 6.51. The van der Waals surface area contributed by atoms with Gasteiger partial charge in [0.15, 0.2) is 0 Å². The zero-order valence-corrected chi connectivity index (χ0v) is 10.6. The Kier molecular flexibility index (Phi) is 3.62. The second-order valence-corrected chi connectivity index (χ2v) is 4.64. The van der Waals surface area contributed by atoms with Crippen molar-refractivity contribution in [1.29, 1.82) is 0 Å². The van der Waals surface area contributed by atoms with Gasteiger partial charge in [-0.1, -0.05) is 18.2 Å². The molecule has 2 aromatic rings. The summed E-state index contributed by atoms with van der Waals surface area (Å²) >= 11 is 1.79. The molecule has 0 aliphatic rings. The van der Waals surface area contributed by atoms with E-state index in [9.17, 15) is 0 Å². The summed E-state index contributed by atoms with van der Waals surface area (Å²) in [7, 11) is 0. The van der Waals surface area contributed by atoms with Gasteiger partial charge in [-0.15, -0.1) is 11.3 Å². The smallest absolute Gasteiger partial charge is 0.0366 e. The van der Waals surface area contributed by atoms with Crippen LogP contribution in [-0.4, -0.2) is 13.1 Å². The molecule has 1 aromatic carbocycles.